The fourth-order valence-electron chi connectivity index (χ4n) is 0.623. The minimum absolute atomic E-state index is 0. The van der Waals surface area contributed by atoms with E-state index in [0.29, 0.717) is 0 Å². The Morgan fingerprint density at radius 3 is 2.33 bits per heavy atom. The van der Waals surface area contributed by atoms with E-state index in [1.807, 2.05) is 6.92 Å². The molecule has 0 amide bonds. The zero-order valence-electron chi connectivity index (χ0n) is 5.98. The molecule has 1 heterocycles. The van der Waals surface area contributed by atoms with Gasteiger partial charge < -0.3 is 0 Å². The number of rotatable bonds is 1. The van der Waals surface area contributed by atoms with Crippen LogP contribution in [0, 0.1) is 6.92 Å². The molecule has 0 radical (unpaired) electrons. The third-order valence-corrected chi connectivity index (χ3v) is 2.00. The van der Waals surface area contributed by atoms with Crippen molar-refractivity contribution in [3.63, 3.8) is 0 Å². The summed E-state index contributed by atoms with van der Waals surface area (Å²) in [4.78, 5) is 3.64. The van der Waals surface area contributed by atoms with Crippen molar-refractivity contribution in [2.75, 3.05) is 0 Å². The molecule has 12 heavy (non-hydrogen) atoms. The number of hydrogen-bond donors (Lipinski definition) is 1. The van der Waals surface area contributed by atoms with Crippen molar-refractivity contribution in [1.82, 2.24) is 4.98 Å². The first kappa shape index (κ1) is 12.1. The molecule has 0 aliphatic rings. The second-order valence-corrected chi connectivity index (χ2v) is 3.73. The fourth-order valence-corrected chi connectivity index (χ4v) is 1.08. The first-order valence-electron chi connectivity index (χ1n) is 2.95. The summed E-state index contributed by atoms with van der Waals surface area (Å²) in [5, 5.41) is 4.72. The summed E-state index contributed by atoms with van der Waals surface area (Å²) < 4.78 is 21.3. The molecule has 0 saturated carbocycles. The number of nitrogens with zero attached hydrogens (tertiary/aromatic N) is 1. The monoisotopic (exact) mass is 196 g/mol. The van der Waals surface area contributed by atoms with Gasteiger partial charge in [-0.05, 0) is 18.6 Å². The number of primary sulfonamides is 1. The number of hydrogen-bond acceptors (Lipinski definition) is 3. The van der Waals surface area contributed by atoms with Crippen LogP contribution in [0.15, 0.2) is 23.4 Å². The van der Waals surface area contributed by atoms with Gasteiger partial charge in [0.1, 0.15) is 0 Å². The molecule has 4 nitrogen and oxygen atoms in total. The van der Waals surface area contributed by atoms with E-state index < -0.39 is 10.0 Å². The Balaban J connectivity index is 0.00000121. The van der Waals surface area contributed by atoms with E-state index in [1.54, 1.807) is 6.07 Å². The molecule has 1 rings (SSSR count). The van der Waals surface area contributed by atoms with E-state index in [0.717, 1.165) is 5.56 Å². The molecule has 1 aromatic rings. The second kappa shape index (κ2) is 4.34. The molecule has 2 N–H and O–H groups in total. The summed E-state index contributed by atoms with van der Waals surface area (Å²) in [5.41, 5.74) is 0.900. The Labute approximate surface area is 93.5 Å². The van der Waals surface area contributed by atoms with Crippen molar-refractivity contribution in [3.8, 4) is 0 Å². The molecule has 0 saturated heterocycles. The van der Waals surface area contributed by atoms with E-state index in [1.165, 1.54) is 12.3 Å². The third-order valence-electron chi connectivity index (χ3n) is 1.18. The molecule has 0 aliphatic heterocycles. The van der Waals surface area contributed by atoms with E-state index in [4.69, 9.17) is 5.14 Å². The molecule has 0 aromatic carbocycles. The van der Waals surface area contributed by atoms with E-state index in [-0.39, 0.29) is 34.6 Å². The molecule has 0 atom stereocenters. The van der Waals surface area contributed by atoms with Crippen LogP contribution in [-0.4, -0.2) is 43.0 Å². The van der Waals surface area contributed by atoms with Gasteiger partial charge in [0, 0.05) is 6.20 Å². The number of aryl methyl sites for hydroxylation is 1. The standard InChI is InChI=1S/C6H8N2O2S.Na.H/c1-5-2-3-6(8-4-5)11(7,9)10;;/h2-4H,1H3,(H2,7,9,10);;. The molecule has 62 valence electrons. The van der Waals surface area contributed by atoms with Crippen LogP contribution in [0.3, 0.4) is 0 Å². The Bertz CT molecular complexity index is 346. The number of aromatic nitrogens is 1. The molecule has 0 unspecified atom stereocenters. The maximum absolute atomic E-state index is 10.7. The maximum atomic E-state index is 10.7. The second-order valence-electron chi connectivity index (χ2n) is 2.22. The molecule has 0 fully saturated rings. The van der Waals surface area contributed by atoms with Gasteiger partial charge in [-0.25, -0.2) is 18.5 Å². The predicted molar refractivity (Wildman–Crippen MR) is 47.5 cm³/mol. The summed E-state index contributed by atoms with van der Waals surface area (Å²) in [6, 6.07) is 3.03. The van der Waals surface area contributed by atoms with Crippen LogP contribution < -0.4 is 5.14 Å². The van der Waals surface area contributed by atoms with Crippen LogP contribution >= 0.6 is 0 Å². The Morgan fingerprint density at radius 1 is 1.42 bits per heavy atom. The van der Waals surface area contributed by atoms with Crippen molar-refractivity contribution in [1.29, 1.82) is 0 Å². The first-order chi connectivity index (χ1) is 5.00. The van der Waals surface area contributed by atoms with Gasteiger partial charge in [0.05, 0.1) is 0 Å². The zero-order valence-corrected chi connectivity index (χ0v) is 6.80. The van der Waals surface area contributed by atoms with Gasteiger partial charge in [0.15, 0.2) is 5.03 Å². The van der Waals surface area contributed by atoms with Gasteiger partial charge in [-0.2, -0.15) is 0 Å². The van der Waals surface area contributed by atoms with Crippen LogP contribution in [0.4, 0.5) is 0 Å². The molecular weight excluding hydrogens is 187 g/mol. The third kappa shape index (κ3) is 3.20. The summed E-state index contributed by atoms with van der Waals surface area (Å²) in [7, 11) is -3.63. The van der Waals surface area contributed by atoms with Crippen LogP contribution in [-0.2, 0) is 10.0 Å². The molecule has 0 spiro atoms. The average Bonchev–Trinajstić information content (AvgIpc) is 1.86. The number of pyridine rings is 1. The van der Waals surface area contributed by atoms with Crippen LogP contribution in [0.1, 0.15) is 5.56 Å². The topological polar surface area (TPSA) is 73.1 Å². The van der Waals surface area contributed by atoms with Gasteiger partial charge in [0.25, 0.3) is 10.0 Å². The summed E-state index contributed by atoms with van der Waals surface area (Å²) in [6.45, 7) is 1.82. The van der Waals surface area contributed by atoms with Crippen LogP contribution in [0.25, 0.3) is 0 Å². The average molecular weight is 196 g/mol. The van der Waals surface area contributed by atoms with Crippen molar-refractivity contribution in [2.45, 2.75) is 11.9 Å². The Kier molecular flexibility index (Phi) is 4.36. The SMILES string of the molecule is Cc1ccc(S(N)(=O)=O)nc1.[NaH]. The van der Waals surface area contributed by atoms with Gasteiger partial charge in [-0.1, -0.05) is 6.07 Å². The Hall–Kier alpha value is 0.0600. The number of sulfonamides is 1. The summed E-state index contributed by atoms with van der Waals surface area (Å²) in [5.74, 6) is 0. The van der Waals surface area contributed by atoms with E-state index in [9.17, 15) is 8.42 Å². The van der Waals surface area contributed by atoms with Gasteiger partial charge >= 0.3 is 29.6 Å². The molecule has 1 aromatic heterocycles. The van der Waals surface area contributed by atoms with Gasteiger partial charge in [-0.3, -0.25) is 0 Å². The fraction of sp³-hybridized carbons (Fsp3) is 0.167. The molecule has 0 bridgehead atoms. The summed E-state index contributed by atoms with van der Waals surface area (Å²) >= 11 is 0. The van der Waals surface area contributed by atoms with Crippen LogP contribution in [0.2, 0.25) is 0 Å². The van der Waals surface area contributed by atoms with Crippen molar-refractivity contribution < 1.29 is 8.42 Å². The molecule has 0 aliphatic carbocycles. The minimum atomic E-state index is -3.63. The van der Waals surface area contributed by atoms with Gasteiger partial charge in [0.2, 0.25) is 0 Å². The van der Waals surface area contributed by atoms with Crippen molar-refractivity contribution in [3.05, 3.63) is 23.9 Å². The normalized spacial score (nSPS) is 10.5. The van der Waals surface area contributed by atoms with E-state index >= 15 is 0 Å². The van der Waals surface area contributed by atoms with E-state index in [2.05, 4.69) is 4.98 Å². The number of nitrogens with two attached hydrogens (primary N) is 1. The quantitative estimate of drug-likeness (QED) is 0.609. The summed E-state index contributed by atoms with van der Waals surface area (Å²) in [6.07, 6.45) is 1.46. The predicted octanol–water partition coefficient (Wildman–Crippen LogP) is -0.611. The van der Waals surface area contributed by atoms with Gasteiger partial charge in [-0.15, -0.1) is 0 Å². The molecule has 6 heteroatoms. The van der Waals surface area contributed by atoms with Crippen LogP contribution in [0.5, 0.6) is 0 Å². The zero-order chi connectivity index (χ0) is 8.48. The first-order valence-corrected chi connectivity index (χ1v) is 4.50. The molecular formula is C6H9N2NaO2S. The van der Waals surface area contributed by atoms with Crippen molar-refractivity contribution in [2.24, 2.45) is 5.14 Å². The Morgan fingerprint density at radius 2 is 2.00 bits per heavy atom. The van der Waals surface area contributed by atoms with Crippen molar-refractivity contribution >= 4 is 39.6 Å².